The zero-order chi connectivity index (χ0) is 17.1. The van der Waals surface area contributed by atoms with Gasteiger partial charge in [0, 0.05) is 30.7 Å². The molecule has 24 heavy (non-hydrogen) atoms. The molecule has 2 atom stereocenters. The number of amides is 1. The first-order chi connectivity index (χ1) is 11.6. The van der Waals surface area contributed by atoms with E-state index in [0.29, 0.717) is 12.1 Å². The Morgan fingerprint density at radius 1 is 1.08 bits per heavy atom. The quantitative estimate of drug-likeness (QED) is 0.673. The monoisotopic (exact) mass is 324 g/mol. The molecular weight excluding hydrogens is 304 g/mol. The Morgan fingerprint density at radius 3 is 2.58 bits per heavy atom. The Balaban J connectivity index is 1.73. The molecule has 124 valence electrons. The van der Waals surface area contributed by atoms with E-state index in [4.69, 9.17) is 0 Å². The van der Waals surface area contributed by atoms with Crippen LogP contribution in [0.4, 0.5) is 0 Å². The molecule has 5 nitrogen and oxygen atoms in total. The van der Waals surface area contributed by atoms with Crippen LogP contribution in [-0.2, 0) is 11.3 Å². The van der Waals surface area contributed by atoms with Gasteiger partial charge >= 0.3 is 0 Å². The molecule has 0 saturated carbocycles. The molecule has 0 aliphatic heterocycles. The fourth-order valence-electron chi connectivity index (χ4n) is 2.82. The molecule has 1 amide bonds. The number of carbonyl (C=O) groups excluding carboxylic acids is 1. The van der Waals surface area contributed by atoms with E-state index < -0.39 is 18.1 Å². The molecule has 0 radical (unpaired) electrons. The SMILES string of the molecule is CN(Cc1cccc2[nH]ccc12)C(=O)C(O)C(O)c1ccccc1. The van der Waals surface area contributed by atoms with E-state index in [1.54, 1.807) is 31.3 Å². The first kappa shape index (κ1) is 16.2. The standard InChI is InChI=1S/C19H20N2O3/c1-21(12-14-8-5-9-16-15(14)10-11-20-16)19(24)18(23)17(22)13-6-3-2-4-7-13/h2-11,17-18,20,22-23H,12H2,1H3. The van der Waals surface area contributed by atoms with Crippen molar-refractivity contribution in [3.8, 4) is 0 Å². The van der Waals surface area contributed by atoms with Gasteiger partial charge in [0.05, 0.1) is 0 Å². The summed E-state index contributed by atoms with van der Waals surface area (Å²) in [6.45, 7) is 0.354. The minimum absolute atomic E-state index is 0.354. The highest BCUT2D eigenvalue weighted by atomic mass is 16.3. The predicted molar refractivity (Wildman–Crippen MR) is 92.2 cm³/mol. The lowest BCUT2D eigenvalue weighted by Crippen LogP contribution is -2.39. The third-order valence-corrected chi connectivity index (χ3v) is 4.16. The number of fused-ring (bicyclic) bond motifs is 1. The second-order valence-corrected chi connectivity index (χ2v) is 5.85. The summed E-state index contributed by atoms with van der Waals surface area (Å²) >= 11 is 0. The molecule has 0 aliphatic carbocycles. The highest BCUT2D eigenvalue weighted by Gasteiger charge is 2.28. The summed E-state index contributed by atoms with van der Waals surface area (Å²) in [5.41, 5.74) is 2.49. The molecule has 3 aromatic rings. The van der Waals surface area contributed by atoms with Gasteiger partial charge in [-0.2, -0.15) is 0 Å². The van der Waals surface area contributed by atoms with Crippen LogP contribution in [0.15, 0.2) is 60.8 Å². The number of aromatic amines is 1. The molecule has 5 heteroatoms. The number of rotatable bonds is 5. The van der Waals surface area contributed by atoms with Gasteiger partial charge in [-0.15, -0.1) is 0 Å². The number of aliphatic hydroxyl groups is 2. The second kappa shape index (κ2) is 6.86. The van der Waals surface area contributed by atoms with Crippen molar-refractivity contribution in [3.05, 3.63) is 71.9 Å². The van der Waals surface area contributed by atoms with Crippen LogP contribution in [0.5, 0.6) is 0 Å². The van der Waals surface area contributed by atoms with Crippen LogP contribution in [0.2, 0.25) is 0 Å². The van der Waals surface area contributed by atoms with Crippen LogP contribution in [0.1, 0.15) is 17.2 Å². The van der Waals surface area contributed by atoms with Gasteiger partial charge < -0.3 is 20.1 Å². The molecule has 2 aromatic carbocycles. The fourth-order valence-corrected chi connectivity index (χ4v) is 2.82. The predicted octanol–water partition coefficient (Wildman–Crippen LogP) is 2.22. The number of likely N-dealkylation sites (N-methyl/N-ethyl adjacent to an activating group) is 1. The summed E-state index contributed by atoms with van der Waals surface area (Å²) < 4.78 is 0. The number of hydrogen-bond acceptors (Lipinski definition) is 3. The molecule has 0 saturated heterocycles. The topological polar surface area (TPSA) is 76.6 Å². The Hall–Kier alpha value is -2.63. The van der Waals surface area contributed by atoms with Crippen LogP contribution in [0, 0.1) is 0 Å². The minimum Gasteiger partial charge on any atom is -0.385 e. The number of benzene rings is 2. The van der Waals surface area contributed by atoms with Gasteiger partial charge in [-0.05, 0) is 23.3 Å². The van der Waals surface area contributed by atoms with Crippen LogP contribution in [0.25, 0.3) is 10.9 Å². The average molecular weight is 324 g/mol. The fraction of sp³-hybridized carbons (Fsp3) is 0.211. The summed E-state index contributed by atoms with van der Waals surface area (Å²) in [4.78, 5) is 17.0. The van der Waals surface area contributed by atoms with Crippen molar-refractivity contribution in [2.75, 3.05) is 7.05 Å². The summed E-state index contributed by atoms with van der Waals surface area (Å²) in [6, 6.07) is 16.5. The van der Waals surface area contributed by atoms with Crippen molar-refractivity contribution < 1.29 is 15.0 Å². The first-order valence-corrected chi connectivity index (χ1v) is 7.79. The molecule has 3 rings (SSSR count). The molecule has 3 N–H and O–H groups in total. The van der Waals surface area contributed by atoms with Crippen LogP contribution in [-0.4, -0.2) is 39.2 Å². The zero-order valence-corrected chi connectivity index (χ0v) is 13.4. The van der Waals surface area contributed by atoms with Gasteiger partial charge in [0.15, 0.2) is 6.10 Å². The summed E-state index contributed by atoms with van der Waals surface area (Å²) in [6.07, 6.45) is -0.892. The number of aromatic nitrogens is 1. The molecule has 0 aliphatic rings. The average Bonchev–Trinajstić information content (AvgIpc) is 3.10. The maximum atomic E-state index is 12.4. The first-order valence-electron chi connectivity index (χ1n) is 7.79. The van der Waals surface area contributed by atoms with Crippen molar-refractivity contribution in [2.24, 2.45) is 0 Å². The summed E-state index contributed by atoms with van der Waals surface area (Å²) in [7, 11) is 1.62. The maximum absolute atomic E-state index is 12.4. The number of aliphatic hydroxyl groups excluding tert-OH is 2. The van der Waals surface area contributed by atoms with E-state index >= 15 is 0 Å². The molecular formula is C19H20N2O3. The van der Waals surface area contributed by atoms with Gasteiger partial charge in [-0.3, -0.25) is 4.79 Å². The van der Waals surface area contributed by atoms with Crippen molar-refractivity contribution in [1.82, 2.24) is 9.88 Å². The molecule has 0 fully saturated rings. The molecule has 0 bridgehead atoms. The molecule has 0 spiro atoms. The van der Waals surface area contributed by atoms with Gasteiger partial charge in [-0.1, -0.05) is 42.5 Å². The van der Waals surface area contributed by atoms with Crippen LogP contribution < -0.4 is 0 Å². The summed E-state index contributed by atoms with van der Waals surface area (Å²) in [5.74, 6) is -0.515. The highest BCUT2D eigenvalue weighted by molar-refractivity contribution is 5.85. The molecule has 2 unspecified atom stereocenters. The zero-order valence-electron chi connectivity index (χ0n) is 13.4. The number of nitrogens with one attached hydrogen (secondary N) is 1. The van der Waals surface area contributed by atoms with E-state index in [1.807, 2.05) is 36.5 Å². The van der Waals surface area contributed by atoms with Gasteiger partial charge in [-0.25, -0.2) is 0 Å². The Labute approximate surface area is 140 Å². The van der Waals surface area contributed by atoms with Crippen LogP contribution >= 0.6 is 0 Å². The lowest BCUT2D eigenvalue weighted by atomic mass is 10.0. The number of H-pyrrole nitrogens is 1. The number of carbonyl (C=O) groups is 1. The molecule has 1 heterocycles. The number of hydrogen-bond donors (Lipinski definition) is 3. The van der Waals surface area contributed by atoms with E-state index in [1.165, 1.54) is 4.90 Å². The normalized spacial score (nSPS) is 13.6. The van der Waals surface area contributed by atoms with Crippen molar-refractivity contribution in [2.45, 2.75) is 18.8 Å². The lowest BCUT2D eigenvalue weighted by Gasteiger charge is -2.24. The molecule has 1 aromatic heterocycles. The number of nitrogens with zero attached hydrogens (tertiary/aromatic N) is 1. The van der Waals surface area contributed by atoms with Crippen molar-refractivity contribution in [1.29, 1.82) is 0 Å². The third-order valence-electron chi connectivity index (χ3n) is 4.16. The van der Waals surface area contributed by atoms with Crippen molar-refractivity contribution in [3.63, 3.8) is 0 Å². The Morgan fingerprint density at radius 2 is 1.83 bits per heavy atom. The lowest BCUT2D eigenvalue weighted by molar-refractivity contribution is -0.145. The van der Waals surface area contributed by atoms with Crippen LogP contribution in [0.3, 0.4) is 0 Å². The van der Waals surface area contributed by atoms with Gasteiger partial charge in [0.25, 0.3) is 5.91 Å². The smallest absolute Gasteiger partial charge is 0.254 e. The van der Waals surface area contributed by atoms with E-state index in [-0.39, 0.29) is 0 Å². The second-order valence-electron chi connectivity index (χ2n) is 5.85. The van der Waals surface area contributed by atoms with Gasteiger partial charge in [0.2, 0.25) is 0 Å². The van der Waals surface area contributed by atoms with E-state index in [0.717, 1.165) is 16.5 Å². The Bertz CT molecular complexity index is 829. The Kier molecular flexibility index (Phi) is 4.64. The van der Waals surface area contributed by atoms with Crippen molar-refractivity contribution >= 4 is 16.8 Å². The third kappa shape index (κ3) is 3.18. The van der Waals surface area contributed by atoms with E-state index in [2.05, 4.69) is 4.98 Å². The largest absolute Gasteiger partial charge is 0.385 e. The minimum atomic E-state index is -1.50. The van der Waals surface area contributed by atoms with Gasteiger partial charge in [0.1, 0.15) is 6.10 Å². The maximum Gasteiger partial charge on any atom is 0.254 e. The highest BCUT2D eigenvalue weighted by Crippen LogP contribution is 2.21. The summed E-state index contributed by atoms with van der Waals surface area (Å²) in [5, 5.41) is 21.5. The van der Waals surface area contributed by atoms with E-state index in [9.17, 15) is 15.0 Å².